The summed E-state index contributed by atoms with van der Waals surface area (Å²) in [5.74, 6) is -8.36. The van der Waals surface area contributed by atoms with Gasteiger partial charge in [-0.05, 0) is 63.4 Å². The third-order valence-electron chi connectivity index (χ3n) is 6.59. The second kappa shape index (κ2) is 44.0. The van der Waals surface area contributed by atoms with Crippen molar-refractivity contribution in [3.8, 4) is 0 Å². The van der Waals surface area contributed by atoms with Gasteiger partial charge in [-0.2, -0.15) is 11.8 Å². The molecule has 368 valence electrons. The molecule has 0 heterocycles. The van der Waals surface area contributed by atoms with E-state index in [0.29, 0.717) is 45.2 Å². The van der Waals surface area contributed by atoms with Crippen molar-refractivity contribution in [2.24, 2.45) is 51.6 Å². The minimum atomic E-state index is -1.17. The average molecular weight is 938 g/mol. The van der Waals surface area contributed by atoms with E-state index in [1.807, 2.05) is 6.26 Å². The summed E-state index contributed by atoms with van der Waals surface area (Å²) in [6, 6.07) is -5.42. The van der Waals surface area contributed by atoms with Gasteiger partial charge in [0.2, 0.25) is 5.91 Å². The Labute approximate surface area is 366 Å². The molecule has 30 nitrogen and oxygen atoms in total. The van der Waals surface area contributed by atoms with Gasteiger partial charge in [-0.25, -0.2) is 0 Å². The van der Waals surface area contributed by atoms with Gasteiger partial charge in [0.1, 0.15) is 36.3 Å². The van der Waals surface area contributed by atoms with Crippen LogP contribution in [0.25, 0.3) is 0 Å². The van der Waals surface area contributed by atoms with Gasteiger partial charge in [-0.15, -0.1) is 0 Å². The van der Waals surface area contributed by atoms with Gasteiger partial charge >= 0.3 is 47.8 Å². The molecular formula is C32H67N13O17S. The fourth-order valence-electron chi connectivity index (χ4n) is 2.93. The van der Waals surface area contributed by atoms with Gasteiger partial charge in [0, 0.05) is 32.4 Å². The summed E-state index contributed by atoms with van der Waals surface area (Å²) in [6.07, 6.45) is 4.10. The van der Waals surface area contributed by atoms with Crippen molar-refractivity contribution in [3.05, 3.63) is 0 Å². The maximum Gasteiger partial charge on any atom is 0.320 e. The summed E-state index contributed by atoms with van der Waals surface area (Å²) in [5, 5.41) is 84.5. The van der Waals surface area contributed by atoms with E-state index in [2.05, 4.69) is 10.6 Å². The van der Waals surface area contributed by atoms with Gasteiger partial charge < -0.3 is 103 Å². The van der Waals surface area contributed by atoms with Crippen LogP contribution >= 0.6 is 11.8 Å². The van der Waals surface area contributed by atoms with E-state index in [1.165, 1.54) is 0 Å². The summed E-state index contributed by atoms with van der Waals surface area (Å²) < 4.78 is 0. The molecule has 31 heteroatoms. The maximum absolute atomic E-state index is 10.2. The maximum atomic E-state index is 10.2. The van der Waals surface area contributed by atoms with Crippen molar-refractivity contribution in [3.63, 3.8) is 0 Å². The minimum absolute atomic E-state index is 0.0213. The number of thioether (sulfide) groups is 1. The summed E-state index contributed by atoms with van der Waals surface area (Å²) in [4.78, 5) is 90.4. The highest BCUT2D eigenvalue weighted by atomic mass is 32.2. The number of nitrogens with two attached hydrogens (primary N) is 9. The minimum Gasteiger partial charge on any atom is -0.481 e. The molecule has 0 radical (unpaired) electrons. The fourth-order valence-corrected chi connectivity index (χ4v) is 3.42. The van der Waals surface area contributed by atoms with Crippen molar-refractivity contribution < 1.29 is 84.0 Å². The Morgan fingerprint density at radius 1 is 0.444 bits per heavy atom. The molecule has 0 aromatic carbocycles. The molecule has 0 unspecified atom stereocenters. The lowest BCUT2D eigenvalue weighted by Crippen LogP contribution is -2.34. The number of guanidine groups is 2. The summed E-state index contributed by atoms with van der Waals surface area (Å²) in [6.45, 7) is 0.965. The van der Waals surface area contributed by atoms with Crippen LogP contribution in [0, 0.1) is 10.8 Å². The van der Waals surface area contributed by atoms with Crippen LogP contribution in [0.3, 0.4) is 0 Å². The number of hydrogen-bond donors (Lipinski definition) is 21. The van der Waals surface area contributed by atoms with Crippen LogP contribution in [0.5, 0.6) is 0 Å². The van der Waals surface area contributed by atoms with Crippen LogP contribution in [-0.2, 0) is 43.2 Å². The molecule has 63 heavy (non-hydrogen) atoms. The molecule has 0 aromatic rings. The molecule has 0 bridgehead atoms. The molecule has 30 N–H and O–H groups in total. The molecule has 0 spiro atoms. The molecule has 0 aliphatic heterocycles. The highest BCUT2D eigenvalue weighted by Gasteiger charge is 2.14. The number of hydrogen-bond acceptors (Lipinski definition) is 18. The van der Waals surface area contributed by atoms with E-state index in [-0.39, 0.29) is 50.4 Å². The largest absolute Gasteiger partial charge is 0.481 e. The Hall–Kier alpha value is -6.12. The van der Waals surface area contributed by atoms with Crippen molar-refractivity contribution in [2.75, 3.05) is 25.1 Å². The predicted molar refractivity (Wildman–Crippen MR) is 227 cm³/mol. The van der Waals surface area contributed by atoms with Gasteiger partial charge in [-0.3, -0.25) is 54.0 Å². The lowest BCUT2D eigenvalue weighted by Gasteiger charge is -2.06. The quantitative estimate of drug-likeness (QED) is 0.0219. The van der Waals surface area contributed by atoms with Crippen LogP contribution in [0.4, 0.5) is 0 Å². The van der Waals surface area contributed by atoms with Gasteiger partial charge in [0.15, 0.2) is 11.9 Å². The lowest BCUT2D eigenvalue weighted by molar-refractivity contribution is -0.141. The Balaban J connectivity index is -0.000000155. The first-order valence-electron chi connectivity index (χ1n) is 18.1. The number of aliphatic carboxylic acids is 8. The second-order valence-electron chi connectivity index (χ2n) is 12.3. The molecule has 0 aliphatic rings. The summed E-state index contributed by atoms with van der Waals surface area (Å²) in [7, 11) is 0. The van der Waals surface area contributed by atoms with Crippen LogP contribution in [-0.4, -0.2) is 168 Å². The van der Waals surface area contributed by atoms with Crippen molar-refractivity contribution in [2.45, 2.75) is 107 Å². The average Bonchev–Trinajstić information content (AvgIpc) is 3.17. The van der Waals surface area contributed by atoms with E-state index in [0.717, 1.165) is 5.75 Å². The molecule has 0 aromatic heterocycles. The van der Waals surface area contributed by atoms with Gasteiger partial charge in [-0.1, -0.05) is 0 Å². The second-order valence-corrected chi connectivity index (χ2v) is 13.3. The summed E-state index contributed by atoms with van der Waals surface area (Å²) >= 11 is 1.60. The van der Waals surface area contributed by atoms with E-state index >= 15 is 0 Å². The molecular weight excluding hydrogens is 870 g/mol. The highest BCUT2D eigenvalue weighted by Crippen LogP contribution is 1.98. The third kappa shape index (κ3) is 62.7. The Bertz CT molecular complexity index is 1280. The zero-order chi connectivity index (χ0) is 50.8. The number of carboxylic acids is 8. The SMILES string of the molecule is CSCC[C@H](N)C(=O)O.N=C(N)NCCC[C@H](N)C(=O)O.N=C(N)NCCC[C@H](N)C(=O)O.NC(=O)CC[C@H](N)C(=O)O.N[C@@H](CCC(=O)O)C(=O)O.N[C@@H](CCC(=O)O)C(=O)O. The number of amides is 1. The molecule has 0 saturated carbocycles. The molecule has 0 rings (SSSR count). The number of rotatable bonds is 26. The molecule has 0 fully saturated rings. The third-order valence-corrected chi connectivity index (χ3v) is 7.23. The number of carbonyl (C=O) groups is 9. The first-order valence-corrected chi connectivity index (χ1v) is 19.5. The van der Waals surface area contributed by atoms with Crippen molar-refractivity contribution in [1.29, 1.82) is 10.8 Å². The van der Waals surface area contributed by atoms with Gasteiger partial charge in [0.05, 0.1) is 0 Å². The Morgan fingerprint density at radius 3 is 0.889 bits per heavy atom. The number of nitrogens with one attached hydrogen (secondary N) is 4. The number of primary amides is 1. The van der Waals surface area contributed by atoms with Gasteiger partial charge in [0.25, 0.3) is 0 Å². The van der Waals surface area contributed by atoms with Crippen molar-refractivity contribution >= 4 is 77.3 Å². The van der Waals surface area contributed by atoms with Crippen LogP contribution in [0.15, 0.2) is 0 Å². The highest BCUT2D eigenvalue weighted by molar-refractivity contribution is 7.98. The topological polar surface area (TPSA) is 621 Å². The van der Waals surface area contributed by atoms with Crippen molar-refractivity contribution in [1.82, 2.24) is 10.6 Å². The van der Waals surface area contributed by atoms with Crippen LogP contribution < -0.4 is 62.2 Å². The lowest BCUT2D eigenvalue weighted by atomic mass is 10.2. The smallest absolute Gasteiger partial charge is 0.320 e. The zero-order valence-corrected chi connectivity index (χ0v) is 35.5. The fraction of sp³-hybridized carbons (Fsp3) is 0.656. The van der Waals surface area contributed by atoms with E-state index in [9.17, 15) is 43.2 Å². The van der Waals surface area contributed by atoms with Crippen LogP contribution in [0.1, 0.15) is 70.6 Å². The predicted octanol–water partition coefficient (Wildman–Crippen LogP) is -5.34. The first kappa shape index (κ1) is 68.6. The summed E-state index contributed by atoms with van der Waals surface area (Å²) in [5.41, 5.74) is 45.4. The molecule has 1 amide bonds. The molecule has 6 atom stereocenters. The molecule has 0 saturated heterocycles. The Morgan fingerprint density at radius 2 is 0.683 bits per heavy atom. The van der Waals surface area contributed by atoms with E-state index in [1.54, 1.807) is 11.8 Å². The zero-order valence-electron chi connectivity index (χ0n) is 34.7. The van der Waals surface area contributed by atoms with Crippen LogP contribution in [0.2, 0.25) is 0 Å². The molecule has 0 aliphatic carbocycles. The standard InChI is InChI=1S/2C6H14N4O2.C5H10N2O3.2C5H9NO4.C5H11NO2S/c2*7-4(5(11)12)2-1-3-10-6(8)9;3*6-3(5(9)10)1-2-4(7)8;1-9-3-2-4(6)5(7)8/h2*4H,1-3,7H2,(H,11,12)(H4,8,9,10);3H,1-2,6H2,(H2,7,8)(H,9,10);2*3H,1-2,6H2,(H,7,8)(H,9,10);4H,2-3,6H2,1H3,(H,7,8)/t2*4-;3*3-;4-/m000000/s1. The monoisotopic (exact) mass is 937 g/mol. The Kier molecular flexibility index (Phi) is 47.9. The van der Waals surface area contributed by atoms with E-state index in [4.69, 9.17) is 103 Å². The first-order chi connectivity index (χ1) is 28.9. The number of carboxylic acid groups (broad SMARTS) is 8. The normalized spacial score (nSPS) is 12.4. The number of carbonyl (C=O) groups excluding carboxylic acids is 1. The van der Waals surface area contributed by atoms with E-state index < -0.39 is 89.9 Å².